The van der Waals surface area contributed by atoms with E-state index < -0.39 is 6.03 Å². The summed E-state index contributed by atoms with van der Waals surface area (Å²) < 4.78 is 0. The van der Waals surface area contributed by atoms with Crippen molar-refractivity contribution in [2.45, 2.75) is 18.6 Å². The first-order valence-electron chi connectivity index (χ1n) is 5.82. The Balaban J connectivity index is 2.02. The molecule has 1 aliphatic heterocycles. The van der Waals surface area contributed by atoms with Gasteiger partial charge in [0, 0.05) is 5.69 Å². The Labute approximate surface area is 130 Å². The van der Waals surface area contributed by atoms with Crippen molar-refractivity contribution < 1.29 is 9.59 Å². The van der Waals surface area contributed by atoms with Crippen LogP contribution in [0.3, 0.4) is 0 Å². The normalized spacial score (nSPS) is 20.1. The highest BCUT2D eigenvalue weighted by Gasteiger charge is 2.28. The number of thioether (sulfide) groups is 1. The first-order valence-corrected chi connectivity index (χ1v) is 7.45. The number of nitrogens with zero attached hydrogens (tertiary/aromatic N) is 1. The number of anilines is 1. The second kappa shape index (κ2) is 6.47. The zero-order valence-electron chi connectivity index (χ0n) is 10.4. The molecule has 1 aliphatic rings. The quantitative estimate of drug-likeness (QED) is 0.870. The molecule has 5 nitrogen and oxygen atoms in total. The van der Waals surface area contributed by atoms with Gasteiger partial charge in [-0.15, -0.1) is 0 Å². The topological polar surface area (TPSA) is 70.6 Å². The Kier molecular flexibility index (Phi) is 4.91. The summed E-state index contributed by atoms with van der Waals surface area (Å²) in [4.78, 5) is 27.0. The molecular weight excluding hydrogens is 321 g/mol. The molecule has 0 spiro atoms. The van der Waals surface area contributed by atoms with E-state index in [0.29, 0.717) is 27.3 Å². The van der Waals surface area contributed by atoms with Gasteiger partial charge in [0.15, 0.2) is 5.17 Å². The Morgan fingerprint density at radius 3 is 2.80 bits per heavy atom. The number of nitrogens with one attached hydrogen (secondary N) is 2. The van der Waals surface area contributed by atoms with E-state index >= 15 is 0 Å². The monoisotopic (exact) mass is 331 g/mol. The summed E-state index contributed by atoms with van der Waals surface area (Å²) in [6, 6.07) is 4.13. The number of hydrogen-bond acceptors (Lipinski definition) is 3. The molecule has 0 aliphatic carbocycles. The molecule has 1 fully saturated rings. The summed E-state index contributed by atoms with van der Waals surface area (Å²) in [6.45, 7) is 1.90. The minimum Gasteiger partial charge on any atom is -0.306 e. The van der Waals surface area contributed by atoms with Crippen LogP contribution in [0.1, 0.15) is 13.3 Å². The van der Waals surface area contributed by atoms with Gasteiger partial charge in [0.2, 0.25) is 5.91 Å². The summed E-state index contributed by atoms with van der Waals surface area (Å²) >= 11 is 12.9. The Bertz CT molecular complexity index is 592. The highest BCUT2D eigenvalue weighted by atomic mass is 35.5. The molecular formula is C12H11Cl2N3O2S. The zero-order chi connectivity index (χ0) is 14.7. The molecule has 2 rings (SSSR count). The molecule has 106 valence electrons. The van der Waals surface area contributed by atoms with Crippen molar-refractivity contribution in [3.8, 4) is 0 Å². The second-order valence-corrected chi connectivity index (χ2v) is 5.99. The predicted octanol–water partition coefficient (Wildman–Crippen LogP) is 3.52. The molecule has 1 unspecified atom stereocenters. The minimum atomic E-state index is -0.581. The predicted molar refractivity (Wildman–Crippen MR) is 82.7 cm³/mol. The van der Waals surface area contributed by atoms with Crippen LogP contribution in [-0.2, 0) is 4.79 Å². The number of rotatable bonds is 2. The van der Waals surface area contributed by atoms with Gasteiger partial charge in [-0.05, 0) is 24.6 Å². The molecule has 1 heterocycles. The van der Waals surface area contributed by atoms with Crippen LogP contribution in [-0.4, -0.2) is 22.4 Å². The van der Waals surface area contributed by atoms with Gasteiger partial charge in [-0.1, -0.05) is 41.9 Å². The highest BCUT2D eigenvalue weighted by molar-refractivity contribution is 8.15. The molecule has 20 heavy (non-hydrogen) atoms. The lowest BCUT2D eigenvalue weighted by Gasteiger charge is -2.03. The van der Waals surface area contributed by atoms with Gasteiger partial charge in [-0.2, -0.15) is 4.99 Å². The fourth-order valence-corrected chi connectivity index (χ4v) is 2.74. The fraction of sp³-hybridized carbons (Fsp3) is 0.250. The molecule has 1 atom stereocenters. The van der Waals surface area contributed by atoms with Gasteiger partial charge >= 0.3 is 6.03 Å². The molecule has 1 saturated heterocycles. The maximum atomic E-state index is 11.7. The number of hydrogen-bond donors (Lipinski definition) is 2. The molecule has 8 heteroatoms. The van der Waals surface area contributed by atoms with Gasteiger partial charge in [0.05, 0.1) is 15.3 Å². The van der Waals surface area contributed by atoms with Crippen molar-refractivity contribution in [2.24, 2.45) is 4.99 Å². The maximum absolute atomic E-state index is 11.7. The minimum absolute atomic E-state index is 0.126. The summed E-state index contributed by atoms with van der Waals surface area (Å²) in [5, 5.41) is 5.97. The van der Waals surface area contributed by atoms with Gasteiger partial charge in [-0.25, -0.2) is 4.79 Å². The van der Waals surface area contributed by atoms with Crippen molar-refractivity contribution >= 4 is 57.8 Å². The van der Waals surface area contributed by atoms with E-state index in [-0.39, 0.29) is 11.2 Å². The third-order valence-corrected chi connectivity index (χ3v) is 4.51. The molecule has 2 N–H and O–H groups in total. The van der Waals surface area contributed by atoms with Gasteiger partial charge in [0.1, 0.15) is 0 Å². The van der Waals surface area contributed by atoms with E-state index in [1.807, 2.05) is 6.92 Å². The average Bonchev–Trinajstić information content (AvgIpc) is 2.73. The van der Waals surface area contributed by atoms with E-state index in [9.17, 15) is 9.59 Å². The lowest BCUT2D eigenvalue weighted by atomic mass is 10.3. The molecule has 0 bridgehead atoms. The van der Waals surface area contributed by atoms with Gasteiger partial charge < -0.3 is 10.6 Å². The van der Waals surface area contributed by atoms with Crippen molar-refractivity contribution in [1.82, 2.24) is 5.32 Å². The third-order valence-electron chi connectivity index (χ3n) is 2.52. The molecule has 1 aromatic carbocycles. The number of amidine groups is 1. The van der Waals surface area contributed by atoms with E-state index in [0.717, 1.165) is 0 Å². The van der Waals surface area contributed by atoms with Crippen LogP contribution in [0.4, 0.5) is 10.5 Å². The van der Waals surface area contributed by atoms with Crippen LogP contribution < -0.4 is 10.6 Å². The van der Waals surface area contributed by atoms with Crippen LogP contribution in [0.2, 0.25) is 10.0 Å². The maximum Gasteiger partial charge on any atom is 0.347 e. The summed E-state index contributed by atoms with van der Waals surface area (Å²) in [5.74, 6) is -0.126. The number of aliphatic imine (C=N–C) groups is 1. The number of halogens is 2. The average molecular weight is 332 g/mol. The van der Waals surface area contributed by atoms with Crippen LogP contribution in [0.5, 0.6) is 0 Å². The molecule has 0 aromatic heterocycles. The van der Waals surface area contributed by atoms with E-state index in [1.165, 1.54) is 17.8 Å². The van der Waals surface area contributed by atoms with Gasteiger partial charge in [-0.3, -0.25) is 4.79 Å². The number of benzene rings is 1. The molecule has 0 radical (unpaired) electrons. The smallest absolute Gasteiger partial charge is 0.306 e. The summed E-state index contributed by atoms with van der Waals surface area (Å²) in [7, 11) is 0. The van der Waals surface area contributed by atoms with Gasteiger partial charge in [0.25, 0.3) is 0 Å². The number of carbonyl (C=O) groups is 2. The zero-order valence-corrected chi connectivity index (χ0v) is 12.8. The summed E-state index contributed by atoms with van der Waals surface area (Å²) in [5.41, 5.74) is 0.482. The largest absolute Gasteiger partial charge is 0.347 e. The first kappa shape index (κ1) is 15.2. The van der Waals surface area contributed by atoms with Crippen molar-refractivity contribution in [3.63, 3.8) is 0 Å². The standard InChI is InChI=1S/C12H11Cl2N3O2S/c1-2-9-10(18)16-12(20-9)17-11(19)15-6-3-4-7(13)8(14)5-6/h3-5,9H,2H2,1H3,(H2,15,16,17,18,19). The van der Waals surface area contributed by atoms with E-state index in [2.05, 4.69) is 15.6 Å². The number of carbonyl (C=O) groups excluding carboxylic acids is 2. The second-order valence-electron chi connectivity index (χ2n) is 3.98. The first-order chi connectivity index (χ1) is 9.49. The lowest BCUT2D eigenvalue weighted by Crippen LogP contribution is -2.25. The van der Waals surface area contributed by atoms with E-state index in [4.69, 9.17) is 23.2 Å². The highest BCUT2D eigenvalue weighted by Crippen LogP contribution is 2.25. The SMILES string of the molecule is CCC1S/C(=N\C(=O)Nc2ccc(Cl)c(Cl)c2)NC1=O. The Hall–Kier alpha value is -1.24. The lowest BCUT2D eigenvalue weighted by molar-refractivity contribution is -0.118. The molecule has 1 aromatic rings. The molecule has 3 amide bonds. The number of amides is 3. The fourth-order valence-electron chi connectivity index (χ4n) is 1.54. The van der Waals surface area contributed by atoms with Crippen molar-refractivity contribution in [2.75, 3.05) is 5.32 Å². The van der Waals surface area contributed by atoms with E-state index in [1.54, 1.807) is 12.1 Å². The van der Waals surface area contributed by atoms with Crippen LogP contribution in [0, 0.1) is 0 Å². The Morgan fingerprint density at radius 1 is 1.45 bits per heavy atom. The summed E-state index contributed by atoms with van der Waals surface area (Å²) in [6.07, 6.45) is 0.684. The number of urea groups is 1. The molecule has 0 saturated carbocycles. The van der Waals surface area contributed by atoms with Crippen molar-refractivity contribution in [3.05, 3.63) is 28.2 Å². The van der Waals surface area contributed by atoms with Crippen LogP contribution in [0.15, 0.2) is 23.2 Å². The Morgan fingerprint density at radius 2 is 2.20 bits per heavy atom. The third kappa shape index (κ3) is 3.65. The van der Waals surface area contributed by atoms with Crippen LogP contribution >= 0.6 is 35.0 Å². The van der Waals surface area contributed by atoms with Crippen LogP contribution in [0.25, 0.3) is 0 Å². The van der Waals surface area contributed by atoms with Crippen molar-refractivity contribution in [1.29, 1.82) is 0 Å².